The zero-order chi connectivity index (χ0) is 20.6. The van der Waals surface area contributed by atoms with Crippen molar-refractivity contribution in [2.45, 2.75) is 25.1 Å². The lowest BCUT2D eigenvalue weighted by molar-refractivity contribution is -0.141. The molecule has 2 aromatic carbocycles. The van der Waals surface area contributed by atoms with Crippen molar-refractivity contribution in [2.75, 3.05) is 13.6 Å². The summed E-state index contributed by atoms with van der Waals surface area (Å²) in [6.07, 6.45) is -3.61. The summed E-state index contributed by atoms with van der Waals surface area (Å²) in [6.45, 7) is 1.60. The second-order valence-corrected chi connectivity index (χ2v) is 7.35. The van der Waals surface area contributed by atoms with Gasteiger partial charge in [-0.2, -0.15) is 13.2 Å². The maximum absolute atomic E-state index is 13.3. The summed E-state index contributed by atoms with van der Waals surface area (Å²) in [7, 11) is 2.03. The van der Waals surface area contributed by atoms with Crippen LogP contribution < -0.4 is 0 Å². The summed E-state index contributed by atoms with van der Waals surface area (Å²) in [4.78, 5) is 2.20. The average molecular weight is 401 g/mol. The Kier molecular flexibility index (Phi) is 5.08. The monoisotopic (exact) mass is 401 g/mol. The van der Waals surface area contributed by atoms with E-state index in [2.05, 4.69) is 15.1 Å². The molecule has 0 saturated carbocycles. The molecule has 0 radical (unpaired) electrons. The van der Waals surface area contributed by atoms with Gasteiger partial charge in [0.2, 0.25) is 0 Å². The van der Waals surface area contributed by atoms with Crippen LogP contribution in [0.15, 0.2) is 54.6 Å². The number of halogens is 4. The van der Waals surface area contributed by atoms with Gasteiger partial charge in [-0.3, -0.25) is 0 Å². The van der Waals surface area contributed by atoms with Gasteiger partial charge in [0.05, 0.1) is 5.69 Å². The van der Waals surface area contributed by atoms with Crippen molar-refractivity contribution in [3.05, 3.63) is 82.8 Å². The fraction of sp³-hybridized carbons (Fsp3) is 0.273. The van der Waals surface area contributed by atoms with Crippen LogP contribution in [0.3, 0.4) is 0 Å². The van der Waals surface area contributed by atoms with Crippen molar-refractivity contribution >= 4 is 0 Å². The molecule has 0 aliphatic carbocycles. The van der Waals surface area contributed by atoms with Crippen molar-refractivity contribution < 1.29 is 17.6 Å². The molecule has 1 unspecified atom stereocenters. The highest BCUT2D eigenvalue weighted by molar-refractivity contribution is 5.61. The van der Waals surface area contributed by atoms with Crippen LogP contribution in [-0.4, -0.2) is 28.7 Å². The third-order valence-electron chi connectivity index (χ3n) is 5.28. The fourth-order valence-electron chi connectivity index (χ4n) is 3.80. The molecule has 0 amide bonds. The standard InChI is InChI=1S/C22H19F4N3/c1-29-11-10-19(14-2-5-17(23)6-3-14)18-7-4-15(12-16(18)13-29)20-8-9-21(28-27-20)22(24,25)26/h2-9,12,19H,10-11,13H2,1H3. The first kappa shape index (κ1) is 19.5. The summed E-state index contributed by atoms with van der Waals surface area (Å²) in [5.74, 6) is -0.140. The molecule has 150 valence electrons. The van der Waals surface area contributed by atoms with Gasteiger partial charge in [0.1, 0.15) is 5.82 Å². The third-order valence-corrected chi connectivity index (χ3v) is 5.28. The second kappa shape index (κ2) is 7.55. The van der Waals surface area contributed by atoms with E-state index in [-0.39, 0.29) is 11.7 Å². The summed E-state index contributed by atoms with van der Waals surface area (Å²) in [5.41, 5.74) is 3.38. The molecule has 1 aliphatic rings. The van der Waals surface area contributed by atoms with Crippen LogP contribution in [-0.2, 0) is 12.7 Å². The molecule has 4 rings (SSSR count). The molecular weight excluding hydrogens is 382 g/mol. The van der Waals surface area contributed by atoms with Gasteiger partial charge in [-0.25, -0.2) is 4.39 Å². The van der Waals surface area contributed by atoms with Crippen molar-refractivity contribution in [3.8, 4) is 11.3 Å². The van der Waals surface area contributed by atoms with Crippen LogP contribution in [0.2, 0.25) is 0 Å². The maximum atomic E-state index is 13.3. The highest BCUT2D eigenvalue weighted by Crippen LogP contribution is 2.36. The normalized spacial score (nSPS) is 17.6. The average Bonchev–Trinajstić information content (AvgIpc) is 2.86. The van der Waals surface area contributed by atoms with Crippen molar-refractivity contribution in [1.82, 2.24) is 15.1 Å². The predicted molar refractivity (Wildman–Crippen MR) is 102 cm³/mol. The Labute approximate surface area is 166 Å². The number of fused-ring (bicyclic) bond motifs is 1. The van der Waals surface area contributed by atoms with Crippen LogP contribution in [0.4, 0.5) is 17.6 Å². The van der Waals surface area contributed by atoms with Crippen LogP contribution in [0.5, 0.6) is 0 Å². The number of benzene rings is 2. The molecule has 0 spiro atoms. The predicted octanol–water partition coefficient (Wildman–Crippen LogP) is 5.27. The van der Waals surface area contributed by atoms with Gasteiger partial charge in [-0.05, 0) is 67.0 Å². The molecule has 0 fully saturated rings. The lowest BCUT2D eigenvalue weighted by Crippen LogP contribution is -2.17. The van der Waals surface area contributed by atoms with Gasteiger partial charge in [0.15, 0.2) is 5.69 Å². The molecular formula is C22H19F4N3. The number of rotatable bonds is 2. The molecule has 3 nitrogen and oxygen atoms in total. The van der Waals surface area contributed by atoms with Gasteiger partial charge in [0, 0.05) is 18.0 Å². The minimum absolute atomic E-state index is 0.128. The third kappa shape index (κ3) is 4.15. The van der Waals surface area contributed by atoms with Crippen LogP contribution in [0.25, 0.3) is 11.3 Å². The number of alkyl halides is 3. The Morgan fingerprint density at radius 3 is 2.38 bits per heavy atom. The Balaban J connectivity index is 1.71. The van der Waals surface area contributed by atoms with E-state index in [1.807, 2.05) is 37.4 Å². The zero-order valence-electron chi connectivity index (χ0n) is 15.7. The van der Waals surface area contributed by atoms with E-state index in [1.165, 1.54) is 18.2 Å². The first-order chi connectivity index (χ1) is 13.8. The van der Waals surface area contributed by atoms with Gasteiger partial charge >= 0.3 is 6.18 Å². The van der Waals surface area contributed by atoms with Crippen molar-refractivity contribution in [3.63, 3.8) is 0 Å². The van der Waals surface area contributed by atoms with Gasteiger partial charge in [-0.1, -0.05) is 24.3 Å². The number of aromatic nitrogens is 2. The van der Waals surface area contributed by atoms with Crippen LogP contribution in [0, 0.1) is 5.82 Å². The van der Waals surface area contributed by atoms with Gasteiger partial charge in [-0.15, -0.1) is 10.2 Å². The molecule has 1 aliphatic heterocycles. The fourth-order valence-corrected chi connectivity index (χ4v) is 3.80. The molecule has 7 heteroatoms. The zero-order valence-corrected chi connectivity index (χ0v) is 15.7. The Morgan fingerprint density at radius 2 is 1.72 bits per heavy atom. The van der Waals surface area contributed by atoms with E-state index in [0.717, 1.165) is 47.8 Å². The van der Waals surface area contributed by atoms with Crippen molar-refractivity contribution in [2.24, 2.45) is 0 Å². The first-order valence-corrected chi connectivity index (χ1v) is 9.29. The summed E-state index contributed by atoms with van der Waals surface area (Å²) in [5, 5.41) is 7.09. The molecule has 2 heterocycles. The van der Waals surface area contributed by atoms with Crippen molar-refractivity contribution in [1.29, 1.82) is 0 Å². The Hall–Kier alpha value is -2.80. The quantitative estimate of drug-likeness (QED) is 0.548. The number of nitrogens with zero attached hydrogens (tertiary/aromatic N) is 3. The summed E-state index contributed by atoms with van der Waals surface area (Å²) >= 11 is 0. The molecule has 1 aromatic heterocycles. The minimum atomic E-state index is -4.51. The summed E-state index contributed by atoms with van der Waals surface area (Å²) < 4.78 is 51.5. The SMILES string of the molecule is CN1CCC(c2ccc(F)cc2)c2ccc(-c3ccc(C(F)(F)F)nn3)cc2C1. The lowest BCUT2D eigenvalue weighted by atomic mass is 9.86. The van der Waals surface area contributed by atoms with Gasteiger partial charge in [0.25, 0.3) is 0 Å². The van der Waals surface area contributed by atoms with E-state index < -0.39 is 11.9 Å². The van der Waals surface area contributed by atoms with E-state index >= 15 is 0 Å². The first-order valence-electron chi connectivity index (χ1n) is 9.29. The smallest absolute Gasteiger partial charge is 0.302 e. The van der Waals surface area contributed by atoms with E-state index in [9.17, 15) is 17.6 Å². The van der Waals surface area contributed by atoms with Crippen LogP contribution >= 0.6 is 0 Å². The van der Waals surface area contributed by atoms with Crippen LogP contribution in [0.1, 0.15) is 34.7 Å². The highest BCUT2D eigenvalue weighted by atomic mass is 19.4. The van der Waals surface area contributed by atoms with E-state index in [1.54, 1.807) is 0 Å². The van der Waals surface area contributed by atoms with E-state index in [4.69, 9.17) is 0 Å². The minimum Gasteiger partial charge on any atom is -0.302 e. The summed E-state index contributed by atoms with van der Waals surface area (Å²) in [6, 6.07) is 14.7. The topological polar surface area (TPSA) is 29.0 Å². The molecule has 0 saturated heterocycles. The second-order valence-electron chi connectivity index (χ2n) is 7.35. The maximum Gasteiger partial charge on any atom is 0.435 e. The lowest BCUT2D eigenvalue weighted by Gasteiger charge is -2.18. The van der Waals surface area contributed by atoms with Gasteiger partial charge < -0.3 is 4.90 Å². The molecule has 0 N–H and O–H groups in total. The molecule has 1 atom stereocenters. The number of hydrogen-bond donors (Lipinski definition) is 0. The molecule has 29 heavy (non-hydrogen) atoms. The largest absolute Gasteiger partial charge is 0.435 e. The molecule has 3 aromatic rings. The van der Waals surface area contributed by atoms with E-state index in [0.29, 0.717) is 5.69 Å². The number of hydrogen-bond acceptors (Lipinski definition) is 3. The molecule has 0 bridgehead atoms. The Morgan fingerprint density at radius 1 is 0.966 bits per heavy atom. The Bertz CT molecular complexity index is 998. The highest BCUT2D eigenvalue weighted by Gasteiger charge is 2.33.